The van der Waals surface area contributed by atoms with Crippen molar-refractivity contribution in [2.24, 2.45) is 5.92 Å². The maximum atomic E-state index is 11.8. The highest BCUT2D eigenvalue weighted by molar-refractivity contribution is 5.71. The van der Waals surface area contributed by atoms with E-state index in [2.05, 4.69) is 4.74 Å². The number of ether oxygens (including phenoxy) is 1. The van der Waals surface area contributed by atoms with Crippen LogP contribution in [0.15, 0.2) is 0 Å². The van der Waals surface area contributed by atoms with Crippen LogP contribution in [0, 0.1) is 5.92 Å². The molecule has 1 unspecified atom stereocenters. The molecule has 0 aliphatic rings. The average Bonchev–Trinajstić information content (AvgIpc) is 1.96. The molecule has 0 N–H and O–H groups in total. The van der Waals surface area contributed by atoms with Crippen LogP contribution in [-0.2, 0) is 9.53 Å². The molecule has 13 heavy (non-hydrogen) atoms. The molecule has 0 aliphatic heterocycles. The number of esters is 1. The summed E-state index contributed by atoms with van der Waals surface area (Å²) in [7, 11) is 0. The predicted molar refractivity (Wildman–Crippen MR) is 41.1 cm³/mol. The third-order valence-electron chi connectivity index (χ3n) is 1.39. The quantitative estimate of drug-likeness (QED) is 0.649. The van der Waals surface area contributed by atoms with E-state index in [-0.39, 0.29) is 6.61 Å². The highest BCUT2D eigenvalue weighted by Gasteiger charge is 2.33. The lowest BCUT2D eigenvalue weighted by molar-refractivity contribution is -0.166. The van der Waals surface area contributed by atoms with Crippen molar-refractivity contribution in [3.63, 3.8) is 0 Å². The van der Waals surface area contributed by atoms with Crippen molar-refractivity contribution in [2.45, 2.75) is 32.9 Å². The molecule has 2 nitrogen and oxygen atoms in total. The molecule has 0 spiro atoms. The van der Waals surface area contributed by atoms with Gasteiger partial charge in [-0.3, -0.25) is 4.79 Å². The molecule has 0 aliphatic carbocycles. The van der Waals surface area contributed by atoms with Crippen molar-refractivity contribution in [2.75, 3.05) is 6.61 Å². The van der Waals surface area contributed by atoms with E-state index >= 15 is 0 Å². The van der Waals surface area contributed by atoms with Crippen molar-refractivity contribution >= 4 is 5.97 Å². The van der Waals surface area contributed by atoms with Gasteiger partial charge in [-0.2, -0.15) is 13.2 Å². The summed E-state index contributed by atoms with van der Waals surface area (Å²) in [5, 5.41) is 0. The first kappa shape index (κ1) is 12.3. The minimum Gasteiger partial charge on any atom is -0.465 e. The summed E-state index contributed by atoms with van der Waals surface area (Å²) >= 11 is 0. The number of carbonyl (C=O) groups is 1. The summed E-state index contributed by atoms with van der Waals surface area (Å²) in [5.41, 5.74) is 0. The second-order valence-electron chi connectivity index (χ2n) is 2.89. The molecule has 0 fully saturated rings. The van der Waals surface area contributed by atoms with Crippen LogP contribution in [-0.4, -0.2) is 18.8 Å². The zero-order valence-corrected chi connectivity index (χ0v) is 7.65. The maximum Gasteiger partial charge on any atom is 0.389 e. The summed E-state index contributed by atoms with van der Waals surface area (Å²) in [4.78, 5) is 10.9. The summed E-state index contributed by atoms with van der Waals surface area (Å²) < 4.78 is 39.9. The summed E-state index contributed by atoms with van der Waals surface area (Å²) in [6.07, 6.45) is -4.80. The van der Waals surface area contributed by atoms with Crippen molar-refractivity contribution in [1.29, 1.82) is 0 Å². The molecule has 0 heterocycles. The normalized spacial score (nSPS) is 13.9. The number of alkyl halides is 3. The minimum atomic E-state index is -4.30. The SMILES string of the molecule is CCCOC(=O)C(C)CC(F)(F)F. The van der Waals surface area contributed by atoms with Gasteiger partial charge in [0.1, 0.15) is 0 Å². The van der Waals surface area contributed by atoms with Crippen LogP contribution >= 0.6 is 0 Å². The summed E-state index contributed by atoms with van der Waals surface area (Å²) in [5.74, 6) is -1.88. The Bertz CT molecular complexity index is 165. The largest absolute Gasteiger partial charge is 0.465 e. The van der Waals surface area contributed by atoms with Crippen molar-refractivity contribution in [1.82, 2.24) is 0 Å². The lowest BCUT2D eigenvalue weighted by atomic mass is 10.1. The first-order valence-corrected chi connectivity index (χ1v) is 4.10. The van der Waals surface area contributed by atoms with Crippen LogP contribution in [0.5, 0.6) is 0 Å². The molecule has 0 amide bonds. The molecule has 0 aromatic rings. The molecule has 0 aromatic carbocycles. The van der Waals surface area contributed by atoms with Gasteiger partial charge in [0, 0.05) is 0 Å². The molecular formula is C8H13F3O2. The van der Waals surface area contributed by atoms with Crippen LogP contribution < -0.4 is 0 Å². The van der Waals surface area contributed by atoms with E-state index in [0.29, 0.717) is 6.42 Å². The fourth-order valence-electron chi connectivity index (χ4n) is 0.775. The van der Waals surface area contributed by atoms with Gasteiger partial charge in [0.25, 0.3) is 0 Å². The van der Waals surface area contributed by atoms with Crippen molar-refractivity contribution < 1.29 is 22.7 Å². The molecule has 1 atom stereocenters. The Kier molecular flexibility index (Phi) is 4.80. The van der Waals surface area contributed by atoms with Gasteiger partial charge in [-0.15, -0.1) is 0 Å². The smallest absolute Gasteiger partial charge is 0.389 e. The topological polar surface area (TPSA) is 26.3 Å². The molecule has 0 bridgehead atoms. The van der Waals surface area contributed by atoms with Gasteiger partial charge < -0.3 is 4.74 Å². The third kappa shape index (κ3) is 6.42. The highest BCUT2D eigenvalue weighted by atomic mass is 19.4. The zero-order valence-electron chi connectivity index (χ0n) is 7.65. The minimum absolute atomic E-state index is 0.182. The first-order chi connectivity index (χ1) is 5.87. The van der Waals surface area contributed by atoms with Crippen LogP contribution in [0.25, 0.3) is 0 Å². The van der Waals surface area contributed by atoms with E-state index in [0.717, 1.165) is 0 Å². The fraction of sp³-hybridized carbons (Fsp3) is 0.875. The molecule has 0 radical (unpaired) electrons. The Labute approximate surface area is 75.1 Å². The van der Waals surface area contributed by atoms with Crippen LogP contribution in [0.1, 0.15) is 26.7 Å². The fourth-order valence-corrected chi connectivity index (χ4v) is 0.775. The molecule has 0 aromatic heterocycles. The van der Waals surface area contributed by atoms with Gasteiger partial charge in [-0.25, -0.2) is 0 Å². The predicted octanol–water partition coefficient (Wildman–Crippen LogP) is 2.53. The van der Waals surface area contributed by atoms with E-state index in [1.165, 1.54) is 6.92 Å². The van der Waals surface area contributed by atoms with Gasteiger partial charge in [0.15, 0.2) is 0 Å². The van der Waals surface area contributed by atoms with E-state index < -0.39 is 24.5 Å². The number of hydrogen-bond acceptors (Lipinski definition) is 2. The molecule has 5 heteroatoms. The molecule has 0 rings (SSSR count). The van der Waals surface area contributed by atoms with E-state index in [4.69, 9.17) is 0 Å². The van der Waals surface area contributed by atoms with Crippen molar-refractivity contribution in [3.05, 3.63) is 0 Å². The Hall–Kier alpha value is -0.740. The van der Waals surface area contributed by atoms with Crippen LogP contribution in [0.4, 0.5) is 13.2 Å². The number of halogens is 3. The molecule has 78 valence electrons. The lowest BCUT2D eigenvalue weighted by Gasteiger charge is -2.12. The van der Waals surface area contributed by atoms with Crippen LogP contribution in [0.2, 0.25) is 0 Å². The van der Waals surface area contributed by atoms with Gasteiger partial charge in [0.05, 0.1) is 18.9 Å². The Morgan fingerprint density at radius 2 is 2.00 bits per heavy atom. The Balaban J connectivity index is 3.83. The lowest BCUT2D eigenvalue weighted by Crippen LogP contribution is -2.22. The molecule has 0 saturated carbocycles. The van der Waals surface area contributed by atoms with Gasteiger partial charge in [-0.05, 0) is 6.42 Å². The maximum absolute atomic E-state index is 11.8. The summed E-state index contributed by atoms with van der Waals surface area (Å²) in [6.45, 7) is 3.17. The standard InChI is InChI=1S/C8H13F3O2/c1-3-4-13-7(12)6(2)5-8(9,10)11/h6H,3-5H2,1-2H3. The Morgan fingerprint density at radius 1 is 1.46 bits per heavy atom. The average molecular weight is 198 g/mol. The number of carbonyl (C=O) groups excluding carboxylic acids is 1. The number of hydrogen-bond donors (Lipinski definition) is 0. The summed E-state index contributed by atoms with van der Waals surface area (Å²) in [6, 6.07) is 0. The second-order valence-corrected chi connectivity index (χ2v) is 2.89. The van der Waals surface area contributed by atoms with Gasteiger partial charge in [-0.1, -0.05) is 13.8 Å². The molecule has 0 saturated heterocycles. The van der Waals surface area contributed by atoms with E-state index in [9.17, 15) is 18.0 Å². The van der Waals surface area contributed by atoms with Gasteiger partial charge >= 0.3 is 12.1 Å². The monoisotopic (exact) mass is 198 g/mol. The third-order valence-corrected chi connectivity index (χ3v) is 1.39. The Morgan fingerprint density at radius 3 is 2.38 bits per heavy atom. The van der Waals surface area contributed by atoms with Crippen molar-refractivity contribution in [3.8, 4) is 0 Å². The second kappa shape index (κ2) is 5.09. The zero-order chi connectivity index (χ0) is 10.5. The van der Waals surface area contributed by atoms with E-state index in [1.807, 2.05) is 0 Å². The van der Waals surface area contributed by atoms with E-state index in [1.54, 1.807) is 6.92 Å². The highest BCUT2D eigenvalue weighted by Crippen LogP contribution is 2.25. The van der Waals surface area contributed by atoms with Gasteiger partial charge in [0.2, 0.25) is 0 Å². The number of rotatable bonds is 4. The first-order valence-electron chi connectivity index (χ1n) is 4.10. The van der Waals surface area contributed by atoms with Crippen LogP contribution in [0.3, 0.4) is 0 Å². The molecular weight excluding hydrogens is 185 g/mol.